The Kier molecular flexibility index (Phi) is 1.20. The first kappa shape index (κ1) is 6.43. The summed E-state index contributed by atoms with van der Waals surface area (Å²) in [6.45, 7) is 0. The third-order valence-electron chi connectivity index (χ3n) is 1.69. The lowest BCUT2D eigenvalue weighted by Crippen LogP contribution is -1.94. The second-order valence-corrected chi connectivity index (χ2v) is 3.62. The summed E-state index contributed by atoms with van der Waals surface area (Å²) in [5, 5.41) is 0. The van der Waals surface area contributed by atoms with Crippen molar-refractivity contribution in [3.63, 3.8) is 0 Å². The molecule has 0 amide bonds. The summed E-state index contributed by atoms with van der Waals surface area (Å²) in [5.74, 6) is 0. The van der Waals surface area contributed by atoms with E-state index in [1.54, 1.807) is 6.26 Å². The van der Waals surface area contributed by atoms with Crippen molar-refractivity contribution < 1.29 is 4.42 Å². The second kappa shape index (κ2) is 1.86. The van der Waals surface area contributed by atoms with Crippen LogP contribution >= 0.6 is 23.8 Å². The third kappa shape index (κ3) is 0.896. The Bertz CT molecular complexity index is 299. The average molecular weight is 176 g/mol. The number of aromatic nitrogens is 1. The Labute approximate surface area is 68.2 Å². The fourth-order valence-electron chi connectivity index (χ4n) is 0.878. The first-order valence-corrected chi connectivity index (χ1v) is 3.86. The van der Waals surface area contributed by atoms with Crippen LogP contribution < -0.4 is 0 Å². The largest absolute Gasteiger partial charge is 0.438 e. The summed E-state index contributed by atoms with van der Waals surface area (Å²) >= 11 is 10.8. The van der Waals surface area contributed by atoms with E-state index in [0.717, 1.165) is 18.5 Å². The number of hydrogen-bond acceptors (Lipinski definition) is 2. The molecule has 2 rings (SSSR count). The summed E-state index contributed by atoms with van der Waals surface area (Å²) in [4.78, 5) is 3.12. The molecule has 2 nitrogen and oxygen atoms in total. The van der Waals surface area contributed by atoms with Gasteiger partial charge in [0.1, 0.15) is 6.26 Å². The van der Waals surface area contributed by atoms with Gasteiger partial charge < -0.3 is 9.40 Å². The minimum absolute atomic E-state index is 0.180. The highest BCUT2D eigenvalue weighted by Crippen LogP contribution is 2.51. The minimum Gasteiger partial charge on any atom is -0.438 e. The van der Waals surface area contributed by atoms with E-state index in [-0.39, 0.29) is 4.87 Å². The number of hydrogen-bond donors (Lipinski definition) is 1. The molecule has 1 N–H and O–H groups in total. The van der Waals surface area contributed by atoms with Crippen molar-refractivity contribution in [3.8, 4) is 0 Å². The van der Waals surface area contributed by atoms with Gasteiger partial charge in [-0.3, -0.25) is 0 Å². The third-order valence-corrected chi connectivity index (χ3v) is 2.47. The lowest BCUT2D eigenvalue weighted by Gasteiger charge is -1.97. The SMILES string of the molecule is S=c1[nH]c(C2(Cl)CC2)co1. The van der Waals surface area contributed by atoms with Crippen LogP contribution in [0.15, 0.2) is 10.7 Å². The zero-order valence-corrected chi connectivity index (χ0v) is 6.76. The number of alkyl halides is 1. The number of aromatic amines is 1. The molecule has 54 valence electrons. The molecule has 1 aliphatic rings. The summed E-state index contributed by atoms with van der Waals surface area (Å²) in [6.07, 6.45) is 3.63. The highest BCUT2D eigenvalue weighted by atomic mass is 35.5. The lowest BCUT2D eigenvalue weighted by molar-refractivity contribution is 0.539. The van der Waals surface area contributed by atoms with E-state index >= 15 is 0 Å². The molecular weight excluding hydrogens is 170 g/mol. The number of halogens is 1. The lowest BCUT2D eigenvalue weighted by atomic mass is 10.3. The van der Waals surface area contributed by atoms with Crippen molar-refractivity contribution in [2.75, 3.05) is 0 Å². The maximum Gasteiger partial charge on any atom is 0.266 e. The van der Waals surface area contributed by atoms with Gasteiger partial charge in [0.15, 0.2) is 0 Å². The van der Waals surface area contributed by atoms with E-state index in [2.05, 4.69) is 4.98 Å². The Morgan fingerprint density at radius 3 is 2.80 bits per heavy atom. The highest BCUT2D eigenvalue weighted by molar-refractivity contribution is 7.71. The normalized spacial score (nSPS) is 20.9. The second-order valence-electron chi connectivity index (χ2n) is 2.53. The van der Waals surface area contributed by atoms with Gasteiger partial charge in [0.25, 0.3) is 4.84 Å². The topological polar surface area (TPSA) is 28.9 Å². The Hall–Kier alpha value is -0.280. The van der Waals surface area contributed by atoms with Crippen LogP contribution in [0, 0.1) is 4.84 Å². The van der Waals surface area contributed by atoms with Gasteiger partial charge in [-0.1, -0.05) is 0 Å². The van der Waals surface area contributed by atoms with Gasteiger partial charge in [0.05, 0.1) is 10.6 Å². The van der Waals surface area contributed by atoms with E-state index in [0.29, 0.717) is 4.84 Å². The molecule has 0 radical (unpaired) electrons. The van der Waals surface area contributed by atoms with Crippen molar-refractivity contribution in [3.05, 3.63) is 16.8 Å². The van der Waals surface area contributed by atoms with E-state index in [9.17, 15) is 0 Å². The van der Waals surface area contributed by atoms with Crippen LogP contribution in [0.1, 0.15) is 18.5 Å². The molecule has 0 unspecified atom stereocenters. The molecule has 1 aromatic heterocycles. The molecule has 1 aliphatic carbocycles. The van der Waals surface area contributed by atoms with Gasteiger partial charge >= 0.3 is 0 Å². The van der Waals surface area contributed by atoms with Gasteiger partial charge in [0.2, 0.25) is 0 Å². The zero-order chi connectivity index (χ0) is 7.19. The molecule has 0 bridgehead atoms. The van der Waals surface area contributed by atoms with Gasteiger partial charge in [-0.2, -0.15) is 0 Å². The number of rotatable bonds is 1. The van der Waals surface area contributed by atoms with Crippen LogP contribution in [0.4, 0.5) is 0 Å². The van der Waals surface area contributed by atoms with Crippen LogP contribution in [0.3, 0.4) is 0 Å². The van der Waals surface area contributed by atoms with Gasteiger partial charge in [-0.15, -0.1) is 11.6 Å². The molecule has 0 saturated heterocycles. The summed E-state index contributed by atoms with van der Waals surface area (Å²) in [6, 6.07) is 0. The predicted molar refractivity (Wildman–Crippen MR) is 40.7 cm³/mol. The molecule has 10 heavy (non-hydrogen) atoms. The van der Waals surface area contributed by atoms with Crippen LogP contribution in [0.2, 0.25) is 0 Å². The van der Waals surface area contributed by atoms with Crippen LogP contribution in [-0.2, 0) is 4.87 Å². The number of H-pyrrole nitrogens is 1. The molecule has 1 fully saturated rings. The molecular formula is C6H6ClNOS. The minimum atomic E-state index is -0.180. The average Bonchev–Trinajstić information content (AvgIpc) is 2.45. The van der Waals surface area contributed by atoms with Crippen molar-refractivity contribution >= 4 is 23.8 Å². The quantitative estimate of drug-likeness (QED) is 0.525. The Morgan fingerprint density at radius 1 is 1.70 bits per heavy atom. The van der Waals surface area contributed by atoms with Crippen molar-refractivity contribution in [1.29, 1.82) is 0 Å². The van der Waals surface area contributed by atoms with Crippen LogP contribution in [0.25, 0.3) is 0 Å². The first-order chi connectivity index (χ1) is 4.71. The van der Waals surface area contributed by atoms with E-state index < -0.39 is 0 Å². The maximum absolute atomic E-state index is 6.05. The maximum atomic E-state index is 6.05. The molecule has 1 saturated carbocycles. The Balaban J connectivity index is 2.43. The molecule has 0 spiro atoms. The monoisotopic (exact) mass is 175 g/mol. The van der Waals surface area contributed by atoms with Gasteiger partial charge in [-0.05, 0) is 25.1 Å². The predicted octanol–water partition coefficient (Wildman–Crippen LogP) is 2.57. The number of nitrogens with one attached hydrogen (secondary N) is 1. The van der Waals surface area contributed by atoms with Crippen LogP contribution in [0.5, 0.6) is 0 Å². The first-order valence-electron chi connectivity index (χ1n) is 3.08. The smallest absolute Gasteiger partial charge is 0.266 e. The molecule has 0 atom stereocenters. The van der Waals surface area contributed by atoms with Crippen molar-refractivity contribution in [1.82, 2.24) is 4.98 Å². The summed E-state index contributed by atoms with van der Waals surface area (Å²) in [5.41, 5.74) is 0.916. The number of oxazole rings is 1. The molecule has 1 aromatic rings. The summed E-state index contributed by atoms with van der Waals surface area (Å²) in [7, 11) is 0. The summed E-state index contributed by atoms with van der Waals surface area (Å²) < 4.78 is 4.91. The van der Waals surface area contributed by atoms with Crippen LogP contribution in [-0.4, -0.2) is 4.98 Å². The highest BCUT2D eigenvalue weighted by Gasteiger charge is 2.44. The molecule has 0 aliphatic heterocycles. The van der Waals surface area contributed by atoms with Gasteiger partial charge in [-0.25, -0.2) is 0 Å². The van der Waals surface area contributed by atoms with Gasteiger partial charge in [0, 0.05) is 0 Å². The molecule has 4 heteroatoms. The van der Waals surface area contributed by atoms with E-state index in [1.807, 2.05) is 0 Å². The molecule has 0 aromatic carbocycles. The zero-order valence-electron chi connectivity index (χ0n) is 5.19. The van der Waals surface area contributed by atoms with Crippen molar-refractivity contribution in [2.24, 2.45) is 0 Å². The van der Waals surface area contributed by atoms with E-state index in [1.165, 1.54) is 0 Å². The molecule has 1 heterocycles. The Morgan fingerprint density at radius 2 is 2.40 bits per heavy atom. The standard InChI is InChI=1S/C6H6ClNOS/c7-6(1-2-6)4-3-9-5(10)8-4/h3H,1-2H2,(H,8,10). The fourth-order valence-corrected chi connectivity index (χ4v) is 1.22. The van der Waals surface area contributed by atoms with Crippen molar-refractivity contribution in [2.45, 2.75) is 17.7 Å². The fraction of sp³-hybridized carbons (Fsp3) is 0.500. The van der Waals surface area contributed by atoms with E-state index in [4.69, 9.17) is 28.2 Å².